The average molecular weight is 998 g/mol. The summed E-state index contributed by atoms with van der Waals surface area (Å²) in [5, 5.41) is 5.81. The van der Waals surface area contributed by atoms with Gasteiger partial charge in [0.1, 0.15) is 0 Å². The molecule has 0 spiro atoms. The molecule has 0 radical (unpaired) electrons. The lowest BCUT2D eigenvalue weighted by Crippen LogP contribution is -2.40. The Bertz CT molecular complexity index is 3770. The molecule has 6 aromatic rings. The van der Waals surface area contributed by atoms with E-state index in [9.17, 15) is 0 Å². The first-order chi connectivity index (χ1) is 35.6. The van der Waals surface area contributed by atoms with E-state index in [2.05, 4.69) is 244 Å². The fourth-order valence-electron chi connectivity index (χ4n) is 16.3. The Labute approximate surface area is 456 Å². The summed E-state index contributed by atoms with van der Waals surface area (Å²) in [5.41, 5.74) is 29.2. The zero-order valence-electron chi connectivity index (χ0n) is 49.2. The minimum Gasteiger partial charge on any atom is -0.338 e. The Hall–Kier alpha value is -5.92. The third kappa shape index (κ3) is 6.75. The SMILES string of the molecule is Cc1cc2c3c4c(cccc14)C(C)(C)C1=CC(N(C4=CC=C(CC(C)(c5ccc(C(C)(C)C)cc5)C5C=CC(C(C)(C)C)=CC5)CC4)c4cc5c6c(c4)C(C)(C)c4cccc7c(C)cc(c-6c47)C5(C)C)CC(=C13)C2(C)C. The van der Waals surface area contributed by atoms with Crippen LogP contribution in [0.3, 0.4) is 0 Å². The molecule has 0 bridgehead atoms. The van der Waals surface area contributed by atoms with Crippen molar-refractivity contribution in [2.24, 2.45) is 11.3 Å². The number of hydrogen-bond donors (Lipinski definition) is 0. The van der Waals surface area contributed by atoms with Crippen molar-refractivity contribution in [3.63, 3.8) is 0 Å². The van der Waals surface area contributed by atoms with Crippen LogP contribution in [-0.2, 0) is 32.5 Å². The highest BCUT2D eigenvalue weighted by Gasteiger charge is 2.51. The van der Waals surface area contributed by atoms with E-state index in [1.165, 1.54) is 116 Å². The second-order valence-electron chi connectivity index (χ2n) is 29.2. The van der Waals surface area contributed by atoms with Crippen LogP contribution in [0.5, 0.6) is 0 Å². The van der Waals surface area contributed by atoms with Gasteiger partial charge in [0.05, 0.1) is 6.04 Å². The quantitative estimate of drug-likeness (QED) is 0.154. The van der Waals surface area contributed by atoms with Gasteiger partial charge in [0.15, 0.2) is 0 Å². The minimum atomic E-state index is -0.183. The number of hydrogen-bond acceptors (Lipinski definition) is 1. The van der Waals surface area contributed by atoms with Crippen LogP contribution in [-0.4, -0.2) is 6.04 Å². The molecule has 0 aromatic heterocycles. The molecule has 76 heavy (non-hydrogen) atoms. The van der Waals surface area contributed by atoms with E-state index < -0.39 is 0 Å². The van der Waals surface area contributed by atoms with Gasteiger partial charge < -0.3 is 4.90 Å². The molecule has 3 atom stereocenters. The lowest BCUT2D eigenvalue weighted by atomic mass is 9.64. The van der Waals surface area contributed by atoms with Crippen molar-refractivity contribution in [2.45, 2.75) is 188 Å². The Morgan fingerprint density at radius 2 is 1.13 bits per heavy atom. The lowest BCUT2D eigenvalue weighted by molar-refractivity contribution is 0.336. The molecule has 7 aliphatic rings. The standard InChI is InChI=1S/C75H83N/c1-43-36-57-67-63-53(43)20-18-22-55(63)71(9,10)59-38-51(40-61(65(59)67)73(57,13)14)76(52-39-60-66-62(41-52)74(15,16)58-37-44(2)54-21-19-23-56(72(60,11)12)64(54)68(58)66)50-34-24-45(25-35-50)42-75(17,48-30-26-46(27-31-48)69(3,4)5)49-32-28-47(29-33-49)70(6,7)8/h18-24,26-32,34,36-40,49,52H,25,33,35,41-42H2,1-17H3. The fraction of sp³-hybridized carbons (Fsp3) is 0.413. The van der Waals surface area contributed by atoms with Gasteiger partial charge in [0.25, 0.3) is 0 Å². The van der Waals surface area contributed by atoms with Gasteiger partial charge in [0.2, 0.25) is 0 Å². The normalized spacial score (nSPS) is 22.6. The molecule has 0 N–H and O–H groups in total. The van der Waals surface area contributed by atoms with Crippen molar-refractivity contribution in [3.8, 4) is 11.1 Å². The van der Waals surface area contributed by atoms with E-state index in [4.69, 9.17) is 0 Å². The van der Waals surface area contributed by atoms with Gasteiger partial charge in [-0.05, 0) is 197 Å². The molecule has 0 amide bonds. The molecular weight excluding hydrogens is 915 g/mol. The van der Waals surface area contributed by atoms with Gasteiger partial charge in [-0.3, -0.25) is 0 Å². The molecule has 0 heterocycles. The van der Waals surface area contributed by atoms with Crippen molar-refractivity contribution < 1.29 is 0 Å². The highest BCUT2D eigenvalue weighted by molar-refractivity contribution is 6.11. The molecule has 6 aromatic carbocycles. The topological polar surface area (TPSA) is 3.24 Å². The van der Waals surface area contributed by atoms with Crippen LogP contribution in [0.1, 0.15) is 197 Å². The summed E-state index contributed by atoms with van der Waals surface area (Å²) in [4.78, 5) is 2.88. The third-order valence-electron chi connectivity index (χ3n) is 21.1. The van der Waals surface area contributed by atoms with E-state index in [0.29, 0.717) is 5.92 Å². The van der Waals surface area contributed by atoms with Gasteiger partial charge in [-0.25, -0.2) is 0 Å². The van der Waals surface area contributed by atoms with E-state index >= 15 is 0 Å². The molecule has 1 heteroatoms. The van der Waals surface area contributed by atoms with Crippen LogP contribution in [0.15, 0.2) is 149 Å². The Morgan fingerprint density at radius 1 is 0.566 bits per heavy atom. The van der Waals surface area contributed by atoms with Crippen LogP contribution in [0.4, 0.5) is 5.69 Å². The molecule has 0 aliphatic heterocycles. The first-order valence-corrected chi connectivity index (χ1v) is 29.1. The first-order valence-electron chi connectivity index (χ1n) is 29.1. The van der Waals surface area contributed by atoms with Crippen LogP contribution in [0.25, 0.3) is 38.2 Å². The van der Waals surface area contributed by atoms with Gasteiger partial charge >= 0.3 is 0 Å². The van der Waals surface area contributed by atoms with Crippen molar-refractivity contribution in [1.82, 2.24) is 0 Å². The van der Waals surface area contributed by atoms with Gasteiger partial charge in [-0.2, -0.15) is 0 Å². The number of rotatable bonds is 7. The van der Waals surface area contributed by atoms with E-state index in [-0.39, 0.29) is 43.9 Å². The molecule has 0 fully saturated rings. The van der Waals surface area contributed by atoms with Gasteiger partial charge in [-0.1, -0.05) is 213 Å². The number of aryl methyl sites for hydroxylation is 2. The molecule has 1 nitrogen and oxygen atoms in total. The van der Waals surface area contributed by atoms with Crippen LogP contribution >= 0.6 is 0 Å². The molecule has 388 valence electrons. The molecular formula is C75H83N. The summed E-state index contributed by atoms with van der Waals surface area (Å²) in [7, 11) is 0. The highest BCUT2D eigenvalue weighted by atomic mass is 15.2. The van der Waals surface area contributed by atoms with Gasteiger partial charge in [0, 0.05) is 38.5 Å². The Kier molecular flexibility index (Phi) is 10.4. The number of benzene rings is 6. The summed E-state index contributed by atoms with van der Waals surface area (Å²) >= 11 is 0. The van der Waals surface area contributed by atoms with E-state index in [1.54, 1.807) is 16.7 Å². The fourth-order valence-corrected chi connectivity index (χ4v) is 16.3. The van der Waals surface area contributed by atoms with Gasteiger partial charge in [-0.15, -0.1) is 0 Å². The second kappa shape index (κ2) is 15.9. The van der Waals surface area contributed by atoms with Crippen molar-refractivity contribution >= 4 is 32.8 Å². The zero-order chi connectivity index (χ0) is 53.8. The molecule has 0 saturated heterocycles. The summed E-state index contributed by atoms with van der Waals surface area (Å²) in [6, 6.07) is 34.6. The summed E-state index contributed by atoms with van der Waals surface area (Å²) < 4.78 is 0. The Morgan fingerprint density at radius 3 is 1.70 bits per heavy atom. The van der Waals surface area contributed by atoms with Crippen molar-refractivity contribution in [2.75, 3.05) is 4.90 Å². The first kappa shape index (κ1) is 49.6. The zero-order valence-corrected chi connectivity index (χ0v) is 49.2. The number of anilines is 1. The monoisotopic (exact) mass is 998 g/mol. The average Bonchev–Trinajstić information content (AvgIpc) is 3.75. The smallest absolute Gasteiger partial charge is 0.0563 e. The maximum atomic E-state index is 2.88. The van der Waals surface area contributed by atoms with Crippen LogP contribution in [0.2, 0.25) is 0 Å². The highest BCUT2D eigenvalue weighted by Crippen LogP contribution is 2.64. The maximum Gasteiger partial charge on any atom is 0.0563 e. The number of allylic oxidation sites excluding steroid dienone is 10. The summed E-state index contributed by atoms with van der Waals surface area (Å²) in [6.45, 7) is 41.5. The lowest BCUT2D eigenvalue weighted by Gasteiger charge is -2.45. The molecule has 3 unspecified atom stereocenters. The molecule has 13 rings (SSSR count). The molecule has 7 aliphatic carbocycles. The predicted octanol–water partition coefficient (Wildman–Crippen LogP) is 19.9. The third-order valence-corrected chi connectivity index (χ3v) is 21.1. The Balaban J connectivity index is 0.982. The largest absolute Gasteiger partial charge is 0.338 e. The van der Waals surface area contributed by atoms with Crippen LogP contribution < -0.4 is 4.90 Å². The molecule has 0 saturated carbocycles. The summed E-state index contributed by atoms with van der Waals surface area (Å²) in [6.07, 6.45) is 20.6. The maximum absolute atomic E-state index is 2.88. The van der Waals surface area contributed by atoms with Crippen molar-refractivity contribution in [3.05, 3.63) is 211 Å². The summed E-state index contributed by atoms with van der Waals surface area (Å²) in [5.74, 6) is 0.403. The minimum absolute atomic E-state index is 0.0646. The van der Waals surface area contributed by atoms with Crippen LogP contribution in [0, 0.1) is 25.2 Å². The predicted molar refractivity (Wildman–Crippen MR) is 326 cm³/mol. The van der Waals surface area contributed by atoms with E-state index in [1.807, 2.05) is 0 Å². The van der Waals surface area contributed by atoms with Crippen molar-refractivity contribution in [1.29, 1.82) is 0 Å². The second-order valence-corrected chi connectivity index (χ2v) is 29.2. The van der Waals surface area contributed by atoms with E-state index in [0.717, 1.165) is 32.1 Å². The number of nitrogens with zero attached hydrogens (tertiary/aromatic N) is 1.